The van der Waals surface area contributed by atoms with E-state index in [9.17, 15) is 0 Å². The molecule has 1 aromatic carbocycles. The predicted octanol–water partition coefficient (Wildman–Crippen LogP) is 4.55. The molecule has 0 saturated carbocycles. The standard InChI is InChI=1S/C19H31NO/c1-15(12-20-7)13-21-17-10-8-16(9-11-17)19(5,6)14-18(2,3)4/h8-11,20H,1,12-14H2,2-7H3. The molecule has 0 aliphatic rings. The van der Waals surface area contributed by atoms with Crippen molar-refractivity contribution in [1.82, 2.24) is 5.32 Å². The van der Waals surface area contributed by atoms with Crippen molar-refractivity contribution >= 4 is 0 Å². The Bertz CT molecular complexity index is 451. The monoisotopic (exact) mass is 289 g/mol. The van der Waals surface area contributed by atoms with Gasteiger partial charge in [-0.25, -0.2) is 0 Å². The summed E-state index contributed by atoms with van der Waals surface area (Å²) >= 11 is 0. The molecule has 1 aromatic rings. The zero-order valence-electron chi connectivity index (χ0n) is 14.5. The van der Waals surface area contributed by atoms with E-state index in [1.54, 1.807) is 0 Å². The molecule has 0 saturated heterocycles. The Labute approximate surface area is 130 Å². The third-order valence-electron chi connectivity index (χ3n) is 3.48. The molecule has 0 heterocycles. The maximum Gasteiger partial charge on any atom is 0.119 e. The highest BCUT2D eigenvalue weighted by molar-refractivity contribution is 5.32. The van der Waals surface area contributed by atoms with Crippen LogP contribution in [0, 0.1) is 5.41 Å². The van der Waals surface area contributed by atoms with Crippen LogP contribution in [-0.2, 0) is 5.41 Å². The second kappa shape index (κ2) is 7.13. The maximum absolute atomic E-state index is 5.75. The first-order valence-corrected chi connectivity index (χ1v) is 7.69. The fourth-order valence-corrected chi connectivity index (χ4v) is 2.92. The Morgan fingerprint density at radius 3 is 2.14 bits per heavy atom. The van der Waals surface area contributed by atoms with Gasteiger partial charge in [-0.2, -0.15) is 0 Å². The molecular weight excluding hydrogens is 258 g/mol. The lowest BCUT2D eigenvalue weighted by atomic mass is 9.72. The number of nitrogens with one attached hydrogen (secondary N) is 1. The van der Waals surface area contributed by atoms with Crippen molar-refractivity contribution in [2.24, 2.45) is 5.41 Å². The summed E-state index contributed by atoms with van der Waals surface area (Å²) in [6, 6.07) is 8.49. The first-order chi connectivity index (χ1) is 9.64. The summed E-state index contributed by atoms with van der Waals surface area (Å²) in [6.45, 7) is 16.8. The van der Waals surface area contributed by atoms with Crippen molar-refractivity contribution in [3.63, 3.8) is 0 Å². The van der Waals surface area contributed by atoms with Crippen LogP contribution < -0.4 is 10.1 Å². The van der Waals surface area contributed by atoms with Crippen molar-refractivity contribution in [2.75, 3.05) is 20.2 Å². The van der Waals surface area contributed by atoms with Gasteiger partial charge < -0.3 is 10.1 Å². The summed E-state index contributed by atoms with van der Waals surface area (Å²) in [7, 11) is 1.91. The summed E-state index contributed by atoms with van der Waals surface area (Å²) in [6.07, 6.45) is 1.15. The lowest BCUT2D eigenvalue weighted by Gasteiger charge is -2.33. The molecule has 0 atom stereocenters. The van der Waals surface area contributed by atoms with Gasteiger partial charge in [-0.05, 0) is 47.6 Å². The highest BCUT2D eigenvalue weighted by atomic mass is 16.5. The minimum atomic E-state index is 0.173. The van der Waals surface area contributed by atoms with Crippen molar-refractivity contribution in [3.05, 3.63) is 42.0 Å². The van der Waals surface area contributed by atoms with Crippen LogP contribution in [0.5, 0.6) is 5.75 Å². The van der Waals surface area contributed by atoms with Crippen molar-refractivity contribution < 1.29 is 4.74 Å². The van der Waals surface area contributed by atoms with Crippen LogP contribution in [0.3, 0.4) is 0 Å². The summed E-state index contributed by atoms with van der Waals surface area (Å²) in [4.78, 5) is 0. The fraction of sp³-hybridized carbons (Fsp3) is 0.579. The van der Waals surface area contributed by atoms with Crippen molar-refractivity contribution in [3.8, 4) is 5.75 Å². The lowest BCUT2D eigenvalue weighted by Crippen LogP contribution is -2.24. The van der Waals surface area contributed by atoms with Gasteiger partial charge in [0.25, 0.3) is 0 Å². The van der Waals surface area contributed by atoms with E-state index in [0.717, 1.165) is 24.3 Å². The number of ether oxygens (including phenoxy) is 1. The van der Waals surface area contributed by atoms with Crippen LogP contribution in [-0.4, -0.2) is 20.2 Å². The number of likely N-dealkylation sites (N-methyl/N-ethyl adjacent to an activating group) is 1. The van der Waals surface area contributed by atoms with Crippen LogP contribution in [0.1, 0.15) is 46.6 Å². The Morgan fingerprint density at radius 2 is 1.67 bits per heavy atom. The molecule has 0 aromatic heterocycles. The van der Waals surface area contributed by atoms with Crippen molar-refractivity contribution in [1.29, 1.82) is 0 Å². The third-order valence-corrected chi connectivity index (χ3v) is 3.48. The maximum atomic E-state index is 5.75. The number of hydrogen-bond acceptors (Lipinski definition) is 2. The number of benzene rings is 1. The molecule has 1 rings (SSSR count). The summed E-state index contributed by atoms with van der Waals surface area (Å²) in [5, 5.41) is 3.07. The van der Waals surface area contributed by atoms with E-state index in [1.807, 2.05) is 7.05 Å². The number of rotatable bonds is 7. The van der Waals surface area contributed by atoms with Crippen LogP contribution in [0.25, 0.3) is 0 Å². The van der Waals surface area contributed by atoms with E-state index < -0.39 is 0 Å². The van der Waals surface area contributed by atoms with Crippen molar-refractivity contribution in [2.45, 2.75) is 46.5 Å². The third kappa shape index (κ3) is 6.34. The topological polar surface area (TPSA) is 21.3 Å². The quantitative estimate of drug-likeness (QED) is 0.743. The van der Waals surface area contributed by atoms with Gasteiger partial charge in [0.2, 0.25) is 0 Å². The smallest absolute Gasteiger partial charge is 0.119 e. The van der Waals surface area contributed by atoms with E-state index >= 15 is 0 Å². The van der Waals surface area contributed by atoms with Gasteiger partial charge in [0.15, 0.2) is 0 Å². The summed E-state index contributed by atoms with van der Waals surface area (Å²) < 4.78 is 5.75. The minimum absolute atomic E-state index is 0.173. The molecule has 1 N–H and O–H groups in total. The van der Waals surface area contributed by atoms with Crippen LogP contribution in [0.15, 0.2) is 36.4 Å². The molecule has 118 valence electrons. The number of hydrogen-bond donors (Lipinski definition) is 1. The van der Waals surface area contributed by atoms with Gasteiger partial charge in [-0.3, -0.25) is 0 Å². The van der Waals surface area contributed by atoms with Crippen LogP contribution in [0.4, 0.5) is 0 Å². The second-order valence-corrected chi connectivity index (χ2v) is 7.71. The molecule has 21 heavy (non-hydrogen) atoms. The highest BCUT2D eigenvalue weighted by Gasteiger charge is 2.27. The Balaban J connectivity index is 2.67. The Kier molecular flexibility index (Phi) is 6.03. The summed E-state index contributed by atoms with van der Waals surface area (Å²) in [5.74, 6) is 0.905. The average molecular weight is 289 g/mol. The zero-order valence-corrected chi connectivity index (χ0v) is 14.5. The molecule has 0 fully saturated rings. The Hall–Kier alpha value is -1.28. The van der Waals surface area contributed by atoms with Gasteiger partial charge in [0, 0.05) is 6.54 Å². The van der Waals surface area contributed by atoms with E-state index in [-0.39, 0.29) is 5.41 Å². The van der Waals surface area contributed by atoms with Gasteiger partial charge >= 0.3 is 0 Å². The Morgan fingerprint density at radius 1 is 1.10 bits per heavy atom. The molecule has 0 unspecified atom stereocenters. The lowest BCUT2D eigenvalue weighted by molar-refractivity contribution is 0.284. The molecule has 2 heteroatoms. The fourth-order valence-electron chi connectivity index (χ4n) is 2.92. The molecule has 0 spiro atoms. The molecule has 0 aliphatic carbocycles. The SMILES string of the molecule is C=C(CNC)COc1ccc(C(C)(C)CC(C)(C)C)cc1. The summed E-state index contributed by atoms with van der Waals surface area (Å²) in [5.41, 5.74) is 2.91. The van der Waals surface area contributed by atoms with Crippen LogP contribution >= 0.6 is 0 Å². The van der Waals surface area contributed by atoms with E-state index in [0.29, 0.717) is 12.0 Å². The van der Waals surface area contributed by atoms with Gasteiger partial charge in [0.05, 0.1) is 0 Å². The molecular formula is C19H31NO. The molecule has 0 radical (unpaired) electrons. The molecule has 2 nitrogen and oxygen atoms in total. The first kappa shape index (κ1) is 17.8. The molecule has 0 aliphatic heterocycles. The molecule has 0 bridgehead atoms. The first-order valence-electron chi connectivity index (χ1n) is 7.69. The van der Waals surface area contributed by atoms with E-state index in [4.69, 9.17) is 4.74 Å². The minimum Gasteiger partial charge on any atom is -0.489 e. The highest BCUT2D eigenvalue weighted by Crippen LogP contribution is 2.36. The van der Waals surface area contributed by atoms with Gasteiger partial charge in [0.1, 0.15) is 12.4 Å². The van der Waals surface area contributed by atoms with E-state index in [2.05, 4.69) is 70.8 Å². The normalized spacial score (nSPS) is 12.3. The zero-order chi connectivity index (χ0) is 16.1. The van der Waals surface area contributed by atoms with E-state index in [1.165, 1.54) is 5.56 Å². The molecule has 0 amide bonds. The van der Waals surface area contributed by atoms with Gasteiger partial charge in [-0.1, -0.05) is 53.3 Å². The van der Waals surface area contributed by atoms with Gasteiger partial charge in [-0.15, -0.1) is 0 Å². The largest absolute Gasteiger partial charge is 0.489 e. The average Bonchev–Trinajstić information content (AvgIpc) is 2.34. The second-order valence-electron chi connectivity index (χ2n) is 7.71. The van der Waals surface area contributed by atoms with Crippen LogP contribution in [0.2, 0.25) is 0 Å². The predicted molar refractivity (Wildman–Crippen MR) is 92.1 cm³/mol.